The van der Waals surface area contributed by atoms with Crippen LogP contribution >= 0.6 is 0 Å². The van der Waals surface area contributed by atoms with E-state index in [1.807, 2.05) is 18.2 Å². The van der Waals surface area contributed by atoms with Gasteiger partial charge in [-0.05, 0) is 36.1 Å². The van der Waals surface area contributed by atoms with Crippen LogP contribution in [0.2, 0.25) is 0 Å². The van der Waals surface area contributed by atoms with Gasteiger partial charge >= 0.3 is 0 Å². The molecule has 84 valence electrons. The molecule has 0 spiro atoms. The molecule has 0 aliphatic rings. The van der Waals surface area contributed by atoms with E-state index in [2.05, 4.69) is 26.8 Å². The van der Waals surface area contributed by atoms with Gasteiger partial charge in [-0.2, -0.15) is 10.5 Å². The van der Waals surface area contributed by atoms with E-state index in [-0.39, 0.29) is 6.61 Å². The predicted molar refractivity (Wildman–Crippen MR) is 62.7 cm³/mol. The zero-order valence-corrected chi connectivity index (χ0v) is 9.86. The fourth-order valence-electron chi connectivity index (χ4n) is 1.39. The third kappa shape index (κ3) is 4.59. The summed E-state index contributed by atoms with van der Waals surface area (Å²) >= 11 is 0. The molecule has 0 aliphatic carbocycles. The molecule has 0 atom stereocenters. The topological polar surface area (TPSA) is 67.8 Å². The van der Waals surface area contributed by atoms with Crippen molar-refractivity contribution < 1.29 is 5.11 Å². The molecule has 1 aromatic carbocycles. The molecule has 0 bridgehead atoms. The van der Waals surface area contributed by atoms with Crippen molar-refractivity contribution >= 4 is 0 Å². The van der Waals surface area contributed by atoms with Gasteiger partial charge < -0.3 is 5.11 Å². The van der Waals surface area contributed by atoms with Crippen molar-refractivity contribution in [3.05, 3.63) is 34.9 Å². The predicted octanol–water partition coefficient (Wildman–Crippen LogP) is 2.49. The van der Waals surface area contributed by atoms with Crippen molar-refractivity contribution in [2.75, 3.05) is 6.61 Å². The van der Waals surface area contributed by atoms with Crippen molar-refractivity contribution in [2.45, 2.75) is 26.7 Å². The highest BCUT2D eigenvalue weighted by atomic mass is 16.2. The Morgan fingerprint density at radius 2 is 1.88 bits per heavy atom. The van der Waals surface area contributed by atoms with Crippen LogP contribution in [-0.4, -0.2) is 11.7 Å². The molecule has 0 saturated heterocycles. The van der Waals surface area contributed by atoms with E-state index in [1.165, 1.54) is 17.2 Å². The number of benzene rings is 1. The summed E-state index contributed by atoms with van der Waals surface area (Å²) in [4.78, 5) is 0. The summed E-state index contributed by atoms with van der Waals surface area (Å²) in [5, 5.41) is 23.5. The second-order valence-electron chi connectivity index (χ2n) is 3.65. The minimum Gasteiger partial charge on any atom is -0.381 e. The van der Waals surface area contributed by atoms with Gasteiger partial charge in [-0.25, -0.2) is 0 Å². The van der Waals surface area contributed by atoms with E-state index in [0.717, 1.165) is 5.56 Å². The Morgan fingerprint density at radius 1 is 1.31 bits per heavy atom. The molecule has 0 aliphatic heterocycles. The van der Waals surface area contributed by atoms with Crippen LogP contribution in [0.5, 0.6) is 0 Å². The molecular weight excluding hydrogens is 200 g/mol. The van der Waals surface area contributed by atoms with Gasteiger partial charge in [-0.15, -0.1) is 0 Å². The summed E-state index contributed by atoms with van der Waals surface area (Å²) in [5.41, 5.74) is 3.29. The molecule has 3 heteroatoms. The second-order valence-corrected chi connectivity index (χ2v) is 3.65. The minimum absolute atomic E-state index is 0.375. The van der Waals surface area contributed by atoms with Crippen LogP contribution in [0.1, 0.15) is 36.5 Å². The van der Waals surface area contributed by atoms with Crippen molar-refractivity contribution in [3.63, 3.8) is 0 Å². The van der Waals surface area contributed by atoms with E-state index in [1.54, 1.807) is 0 Å². The van der Waals surface area contributed by atoms with E-state index < -0.39 is 0 Å². The Kier molecular flexibility index (Phi) is 6.59. The molecule has 1 N–H and O–H groups in total. The number of nitriles is 2. The largest absolute Gasteiger partial charge is 0.381 e. The van der Waals surface area contributed by atoms with Crippen molar-refractivity contribution in [2.24, 2.45) is 0 Å². The SMILES string of the molecule is Cc1cc(C#N)ccc1C(C)C.N#CCO. The van der Waals surface area contributed by atoms with Crippen LogP contribution in [0, 0.1) is 29.6 Å². The Morgan fingerprint density at radius 3 is 2.19 bits per heavy atom. The molecule has 0 amide bonds. The number of aliphatic hydroxyl groups excluding tert-OH is 1. The number of aliphatic hydroxyl groups is 1. The quantitative estimate of drug-likeness (QED) is 0.733. The number of hydrogen-bond donors (Lipinski definition) is 1. The van der Waals surface area contributed by atoms with Gasteiger partial charge in [0, 0.05) is 0 Å². The highest BCUT2D eigenvalue weighted by Gasteiger charge is 2.02. The molecule has 3 nitrogen and oxygen atoms in total. The zero-order chi connectivity index (χ0) is 12.6. The number of hydrogen-bond acceptors (Lipinski definition) is 3. The maximum Gasteiger partial charge on any atom is 0.130 e. The second kappa shape index (κ2) is 7.45. The maximum atomic E-state index is 8.64. The first-order chi connectivity index (χ1) is 7.56. The molecule has 0 unspecified atom stereocenters. The normalized spacial score (nSPS) is 8.69. The lowest BCUT2D eigenvalue weighted by Crippen LogP contribution is -1.91. The average Bonchev–Trinajstić information content (AvgIpc) is 2.28. The minimum atomic E-state index is -0.375. The Labute approximate surface area is 96.6 Å². The van der Waals surface area contributed by atoms with Gasteiger partial charge in [0.25, 0.3) is 0 Å². The van der Waals surface area contributed by atoms with E-state index in [9.17, 15) is 0 Å². The molecule has 0 aromatic heterocycles. The monoisotopic (exact) mass is 216 g/mol. The van der Waals surface area contributed by atoms with Gasteiger partial charge in [0.15, 0.2) is 0 Å². The first-order valence-corrected chi connectivity index (χ1v) is 5.05. The average molecular weight is 216 g/mol. The third-order valence-corrected chi connectivity index (χ3v) is 2.09. The molecule has 1 rings (SSSR count). The van der Waals surface area contributed by atoms with Crippen LogP contribution in [0.3, 0.4) is 0 Å². The Hall–Kier alpha value is -1.84. The summed E-state index contributed by atoms with van der Waals surface area (Å²) in [6.45, 7) is 6.00. The summed E-state index contributed by atoms with van der Waals surface area (Å²) in [6, 6.07) is 9.48. The summed E-state index contributed by atoms with van der Waals surface area (Å²) < 4.78 is 0. The first kappa shape index (κ1) is 14.2. The van der Waals surface area contributed by atoms with E-state index >= 15 is 0 Å². The fourth-order valence-corrected chi connectivity index (χ4v) is 1.39. The first-order valence-electron chi connectivity index (χ1n) is 5.05. The fraction of sp³-hybridized carbons (Fsp3) is 0.385. The molecule has 0 fully saturated rings. The van der Waals surface area contributed by atoms with Gasteiger partial charge in [-0.1, -0.05) is 19.9 Å². The molecular formula is C13H16N2O. The molecule has 0 radical (unpaired) electrons. The lowest BCUT2D eigenvalue weighted by Gasteiger charge is -2.08. The number of aryl methyl sites for hydroxylation is 1. The third-order valence-electron chi connectivity index (χ3n) is 2.09. The molecule has 0 saturated carbocycles. The van der Waals surface area contributed by atoms with Gasteiger partial charge in [0.05, 0.1) is 17.7 Å². The summed E-state index contributed by atoms with van der Waals surface area (Å²) in [5.74, 6) is 0.540. The van der Waals surface area contributed by atoms with E-state index in [0.29, 0.717) is 5.92 Å². The molecule has 16 heavy (non-hydrogen) atoms. The van der Waals surface area contributed by atoms with Gasteiger partial charge in [0.2, 0.25) is 0 Å². The van der Waals surface area contributed by atoms with Crippen LogP contribution in [0.15, 0.2) is 18.2 Å². The summed E-state index contributed by atoms with van der Waals surface area (Å²) in [6.07, 6.45) is 0. The molecule has 1 aromatic rings. The summed E-state index contributed by atoms with van der Waals surface area (Å²) in [7, 11) is 0. The lowest BCUT2D eigenvalue weighted by molar-refractivity contribution is 0.348. The number of nitrogens with zero attached hydrogens (tertiary/aromatic N) is 2. The molecule has 0 heterocycles. The van der Waals surface area contributed by atoms with Gasteiger partial charge in [0.1, 0.15) is 6.61 Å². The van der Waals surface area contributed by atoms with E-state index in [4.69, 9.17) is 15.6 Å². The number of rotatable bonds is 1. The Bertz CT molecular complexity index is 411. The standard InChI is InChI=1S/C11H13N.C2H3NO/c1-8(2)11-5-4-10(7-12)6-9(11)3;3-1-2-4/h4-6,8H,1-3H3;4H,2H2. The van der Waals surface area contributed by atoms with Crippen LogP contribution < -0.4 is 0 Å². The Balaban J connectivity index is 0.000000487. The van der Waals surface area contributed by atoms with Crippen LogP contribution in [0.25, 0.3) is 0 Å². The van der Waals surface area contributed by atoms with Crippen molar-refractivity contribution in [3.8, 4) is 12.1 Å². The van der Waals surface area contributed by atoms with Crippen molar-refractivity contribution in [1.29, 1.82) is 10.5 Å². The van der Waals surface area contributed by atoms with Crippen LogP contribution in [0.4, 0.5) is 0 Å². The maximum absolute atomic E-state index is 8.64. The zero-order valence-electron chi connectivity index (χ0n) is 9.86. The highest BCUT2D eigenvalue weighted by molar-refractivity contribution is 5.38. The van der Waals surface area contributed by atoms with Gasteiger partial charge in [-0.3, -0.25) is 0 Å². The smallest absolute Gasteiger partial charge is 0.130 e. The van der Waals surface area contributed by atoms with Crippen molar-refractivity contribution in [1.82, 2.24) is 0 Å². The lowest BCUT2D eigenvalue weighted by atomic mass is 9.97. The van der Waals surface area contributed by atoms with Crippen LogP contribution in [-0.2, 0) is 0 Å². The highest BCUT2D eigenvalue weighted by Crippen LogP contribution is 2.19.